The summed E-state index contributed by atoms with van der Waals surface area (Å²) in [5.41, 5.74) is 5.46. The van der Waals surface area contributed by atoms with Gasteiger partial charge in [0.05, 0.1) is 0 Å². The lowest BCUT2D eigenvalue weighted by Gasteiger charge is -2.09. The van der Waals surface area contributed by atoms with Gasteiger partial charge in [-0.3, -0.25) is 4.79 Å². The van der Waals surface area contributed by atoms with Gasteiger partial charge in [0.15, 0.2) is 0 Å². The van der Waals surface area contributed by atoms with Crippen molar-refractivity contribution in [1.82, 2.24) is 0 Å². The van der Waals surface area contributed by atoms with Crippen molar-refractivity contribution in [3.05, 3.63) is 0 Å². The van der Waals surface area contributed by atoms with Crippen molar-refractivity contribution in [1.29, 1.82) is 0 Å². The Kier molecular flexibility index (Phi) is 8.68. The molecule has 0 aliphatic carbocycles. The molecule has 0 aromatic carbocycles. The third-order valence-corrected chi connectivity index (χ3v) is 2.81. The molecule has 0 heterocycles. The fraction of sp³-hybridized carbons (Fsp3) is 0.923. The Morgan fingerprint density at radius 1 is 1.07 bits per heavy atom. The molecule has 1 unspecified atom stereocenters. The van der Waals surface area contributed by atoms with E-state index >= 15 is 0 Å². The van der Waals surface area contributed by atoms with E-state index in [0.29, 0.717) is 17.6 Å². The monoisotopic (exact) mass is 213 g/mol. The third kappa shape index (κ3) is 9.92. The highest BCUT2D eigenvalue weighted by Gasteiger charge is 2.06. The van der Waals surface area contributed by atoms with Crippen molar-refractivity contribution in [2.75, 3.05) is 6.54 Å². The summed E-state index contributed by atoms with van der Waals surface area (Å²) in [6.45, 7) is 7.32. The number of ketones is 1. The molecule has 0 saturated heterocycles. The molecule has 0 spiro atoms. The summed E-state index contributed by atoms with van der Waals surface area (Å²) in [5.74, 6) is 1.75. The molecule has 0 aliphatic heterocycles. The van der Waals surface area contributed by atoms with Gasteiger partial charge in [0, 0.05) is 12.8 Å². The number of carbonyl (C=O) groups is 1. The molecule has 0 radical (unpaired) electrons. The number of hydrogen-bond donors (Lipinski definition) is 1. The smallest absolute Gasteiger partial charge is 0.132 e. The lowest BCUT2D eigenvalue weighted by atomic mass is 9.97. The largest absolute Gasteiger partial charge is 0.330 e. The normalized spacial score (nSPS) is 13.1. The lowest BCUT2D eigenvalue weighted by molar-refractivity contribution is -0.119. The zero-order valence-corrected chi connectivity index (χ0v) is 10.6. The van der Waals surface area contributed by atoms with E-state index in [2.05, 4.69) is 20.8 Å². The van der Waals surface area contributed by atoms with Gasteiger partial charge in [-0.1, -0.05) is 27.2 Å². The Labute approximate surface area is 94.6 Å². The van der Waals surface area contributed by atoms with Gasteiger partial charge < -0.3 is 5.73 Å². The van der Waals surface area contributed by atoms with Crippen LogP contribution in [0.1, 0.15) is 59.3 Å². The molecule has 0 fully saturated rings. The molecule has 0 rings (SSSR count). The zero-order chi connectivity index (χ0) is 11.7. The van der Waals surface area contributed by atoms with E-state index in [-0.39, 0.29) is 0 Å². The Hall–Kier alpha value is -0.370. The molecule has 1 atom stereocenters. The van der Waals surface area contributed by atoms with Crippen LogP contribution in [0, 0.1) is 11.8 Å². The quantitative estimate of drug-likeness (QED) is 0.639. The standard InChI is InChI=1S/C13H27NO/c1-11(2)5-4-6-13(15)8-7-12(3)9-10-14/h11-12H,4-10,14H2,1-3H3. The van der Waals surface area contributed by atoms with Gasteiger partial charge in [-0.25, -0.2) is 0 Å². The van der Waals surface area contributed by atoms with Gasteiger partial charge in [0.2, 0.25) is 0 Å². The second-order valence-corrected chi connectivity index (χ2v) is 5.05. The van der Waals surface area contributed by atoms with Gasteiger partial charge in [-0.2, -0.15) is 0 Å². The van der Waals surface area contributed by atoms with Crippen molar-refractivity contribution in [2.45, 2.75) is 59.3 Å². The van der Waals surface area contributed by atoms with Crippen LogP contribution in [0.2, 0.25) is 0 Å². The Balaban J connectivity index is 3.40. The maximum absolute atomic E-state index is 11.5. The number of rotatable bonds is 9. The number of hydrogen-bond acceptors (Lipinski definition) is 2. The maximum atomic E-state index is 11.5. The SMILES string of the molecule is CC(C)CCCC(=O)CCC(C)CCN. The van der Waals surface area contributed by atoms with E-state index in [1.165, 1.54) is 6.42 Å². The van der Waals surface area contributed by atoms with Crippen LogP contribution in [-0.2, 0) is 4.79 Å². The molecule has 2 N–H and O–H groups in total. The fourth-order valence-electron chi connectivity index (χ4n) is 1.67. The number of nitrogens with two attached hydrogens (primary N) is 1. The molecular weight excluding hydrogens is 186 g/mol. The molecule has 0 aromatic rings. The lowest BCUT2D eigenvalue weighted by Crippen LogP contribution is -2.08. The first-order valence-corrected chi connectivity index (χ1v) is 6.28. The molecule has 0 aromatic heterocycles. The first kappa shape index (κ1) is 14.6. The topological polar surface area (TPSA) is 43.1 Å². The highest BCUT2D eigenvalue weighted by atomic mass is 16.1. The Bertz CT molecular complexity index is 166. The average molecular weight is 213 g/mol. The van der Waals surface area contributed by atoms with Gasteiger partial charge in [0.25, 0.3) is 0 Å². The third-order valence-electron chi connectivity index (χ3n) is 2.81. The summed E-state index contributed by atoms with van der Waals surface area (Å²) >= 11 is 0. The van der Waals surface area contributed by atoms with Crippen molar-refractivity contribution in [3.8, 4) is 0 Å². The zero-order valence-electron chi connectivity index (χ0n) is 10.6. The Morgan fingerprint density at radius 2 is 1.73 bits per heavy atom. The number of Topliss-reactive ketones (excluding diaryl/α,β-unsaturated/α-hetero) is 1. The van der Waals surface area contributed by atoms with Crippen molar-refractivity contribution >= 4 is 5.78 Å². The first-order chi connectivity index (χ1) is 7.06. The molecule has 2 heteroatoms. The van der Waals surface area contributed by atoms with Crippen LogP contribution in [0.3, 0.4) is 0 Å². The van der Waals surface area contributed by atoms with E-state index < -0.39 is 0 Å². The van der Waals surface area contributed by atoms with E-state index in [0.717, 1.165) is 38.6 Å². The van der Waals surface area contributed by atoms with Crippen LogP contribution in [0.5, 0.6) is 0 Å². The molecular formula is C13H27NO. The van der Waals surface area contributed by atoms with Gasteiger partial charge >= 0.3 is 0 Å². The molecule has 2 nitrogen and oxygen atoms in total. The molecule has 0 amide bonds. The van der Waals surface area contributed by atoms with Gasteiger partial charge in [-0.05, 0) is 37.6 Å². The van der Waals surface area contributed by atoms with Crippen LogP contribution in [0.4, 0.5) is 0 Å². The van der Waals surface area contributed by atoms with Gasteiger partial charge in [-0.15, -0.1) is 0 Å². The van der Waals surface area contributed by atoms with E-state index in [1.54, 1.807) is 0 Å². The van der Waals surface area contributed by atoms with Crippen molar-refractivity contribution < 1.29 is 4.79 Å². The highest BCUT2D eigenvalue weighted by molar-refractivity contribution is 5.78. The van der Waals surface area contributed by atoms with Crippen molar-refractivity contribution in [2.24, 2.45) is 17.6 Å². The molecule has 15 heavy (non-hydrogen) atoms. The predicted molar refractivity (Wildman–Crippen MR) is 65.8 cm³/mol. The summed E-state index contributed by atoms with van der Waals surface area (Å²) in [6.07, 6.45) is 5.80. The minimum absolute atomic E-state index is 0.430. The van der Waals surface area contributed by atoms with Crippen LogP contribution in [0.15, 0.2) is 0 Å². The fourth-order valence-corrected chi connectivity index (χ4v) is 1.67. The van der Waals surface area contributed by atoms with Gasteiger partial charge in [0.1, 0.15) is 5.78 Å². The van der Waals surface area contributed by atoms with Crippen LogP contribution in [0.25, 0.3) is 0 Å². The minimum atomic E-state index is 0.430. The molecule has 0 saturated carbocycles. The molecule has 0 aliphatic rings. The van der Waals surface area contributed by atoms with Crippen molar-refractivity contribution in [3.63, 3.8) is 0 Å². The molecule has 90 valence electrons. The van der Waals surface area contributed by atoms with Crippen LogP contribution in [-0.4, -0.2) is 12.3 Å². The van der Waals surface area contributed by atoms with E-state index in [9.17, 15) is 4.79 Å². The summed E-state index contributed by atoms with van der Waals surface area (Å²) in [6, 6.07) is 0. The second-order valence-electron chi connectivity index (χ2n) is 5.05. The van der Waals surface area contributed by atoms with E-state index in [4.69, 9.17) is 5.73 Å². The minimum Gasteiger partial charge on any atom is -0.330 e. The summed E-state index contributed by atoms with van der Waals surface area (Å²) in [4.78, 5) is 11.5. The summed E-state index contributed by atoms with van der Waals surface area (Å²) < 4.78 is 0. The van der Waals surface area contributed by atoms with Crippen LogP contribution >= 0.6 is 0 Å². The Morgan fingerprint density at radius 3 is 2.27 bits per heavy atom. The first-order valence-electron chi connectivity index (χ1n) is 6.28. The van der Waals surface area contributed by atoms with E-state index in [1.807, 2.05) is 0 Å². The maximum Gasteiger partial charge on any atom is 0.132 e. The predicted octanol–water partition coefficient (Wildman–Crippen LogP) is 3.15. The number of carbonyl (C=O) groups excluding carboxylic acids is 1. The highest BCUT2D eigenvalue weighted by Crippen LogP contribution is 2.12. The van der Waals surface area contributed by atoms with Crippen LogP contribution < -0.4 is 5.73 Å². The summed E-state index contributed by atoms with van der Waals surface area (Å²) in [5, 5.41) is 0. The summed E-state index contributed by atoms with van der Waals surface area (Å²) in [7, 11) is 0. The second kappa shape index (κ2) is 8.90. The average Bonchev–Trinajstić information content (AvgIpc) is 2.14. The molecule has 0 bridgehead atoms.